The van der Waals surface area contributed by atoms with Crippen molar-refractivity contribution in [3.8, 4) is 0 Å². The highest BCUT2D eigenvalue weighted by Gasteiger charge is 2.27. The van der Waals surface area contributed by atoms with Crippen LogP contribution in [0, 0.1) is 5.92 Å². The van der Waals surface area contributed by atoms with Gasteiger partial charge in [-0.2, -0.15) is 0 Å². The van der Waals surface area contributed by atoms with E-state index >= 15 is 0 Å². The number of rotatable bonds is 2. The van der Waals surface area contributed by atoms with Crippen molar-refractivity contribution in [3.63, 3.8) is 0 Å². The van der Waals surface area contributed by atoms with Gasteiger partial charge in [0, 0.05) is 27.9 Å². The fourth-order valence-corrected chi connectivity index (χ4v) is 4.92. The zero-order chi connectivity index (χ0) is 15.8. The number of hydrogen-bond donors (Lipinski definition) is 0. The number of nitrogens with zero attached hydrogens (tertiary/aromatic N) is 2. The van der Waals surface area contributed by atoms with E-state index in [1.54, 1.807) is 0 Å². The van der Waals surface area contributed by atoms with E-state index in [4.69, 9.17) is 11.6 Å². The van der Waals surface area contributed by atoms with Crippen molar-refractivity contribution in [3.05, 3.63) is 47.5 Å². The van der Waals surface area contributed by atoms with E-state index in [1.165, 1.54) is 47.1 Å². The van der Waals surface area contributed by atoms with Crippen LogP contribution in [0.15, 0.2) is 52.3 Å². The second-order valence-corrected chi connectivity index (χ2v) is 8.08. The van der Waals surface area contributed by atoms with Crippen LogP contribution in [0.5, 0.6) is 0 Å². The molecule has 2 aliphatic heterocycles. The normalized spacial score (nSPS) is 21.0. The Hall–Kier alpha value is -1.16. The smallest absolute Gasteiger partial charge is 0.0567 e. The van der Waals surface area contributed by atoms with Crippen molar-refractivity contribution in [2.24, 2.45) is 5.92 Å². The van der Waals surface area contributed by atoms with E-state index in [0.29, 0.717) is 5.92 Å². The van der Waals surface area contributed by atoms with Crippen LogP contribution in [0.1, 0.15) is 12.8 Å². The lowest BCUT2D eigenvalue weighted by atomic mass is 9.97. The molecule has 0 aromatic heterocycles. The lowest BCUT2D eigenvalue weighted by molar-refractivity contribution is 0.214. The standard InChI is InChI=1S/C19H21ClN2S/c1-21-10-4-5-14(12-21)13-22-16-6-2-3-7-18(16)23-19-9-8-15(20)11-17(19)22/h2-3,6-9,11,14H,4-5,10,12-13H2,1H3. The molecule has 0 spiro atoms. The number of anilines is 2. The third-order valence-electron chi connectivity index (χ3n) is 4.75. The number of benzene rings is 2. The van der Waals surface area contributed by atoms with Gasteiger partial charge in [-0.3, -0.25) is 0 Å². The van der Waals surface area contributed by atoms with Gasteiger partial charge < -0.3 is 9.80 Å². The van der Waals surface area contributed by atoms with Crippen LogP contribution in [0.25, 0.3) is 0 Å². The molecule has 0 bridgehead atoms. The molecule has 4 heteroatoms. The van der Waals surface area contributed by atoms with E-state index in [-0.39, 0.29) is 0 Å². The third kappa shape index (κ3) is 3.10. The van der Waals surface area contributed by atoms with Crippen LogP contribution in [0.3, 0.4) is 0 Å². The predicted octanol–water partition coefficient (Wildman–Crippen LogP) is 5.28. The zero-order valence-corrected chi connectivity index (χ0v) is 14.9. The molecule has 2 heterocycles. The minimum absolute atomic E-state index is 0.705. The number of para-hydroxylation sites is 1. The lowest BCUT2D eigenvalue weighted by Gasteiger charge is -2.38. The summed E-state index contributed by atoms with van der Waals surface area (Å²) >= 11 is 8.14. The Morgan fingerprint density at radius 1 is 1.13 bits per heavy atom. The summed E-state index contributed by atoms with van der Waals surface area (Å²) in [5.74, 6) is 0.705. The lowest BCUT2D eigenvalue weighted by Crippen LogP contribution is -2.38. The quantitative estimate of drug-likeness (QED) is 0.731. The topological polar surface area (TPSA) is 6.48 Å². The Bertz CT molecular complexity index is 718. The molecule has 23 heavy (non-hydrogen) atoms. The number of piperidine rings is 1. The maximum absolute atomic E-state index is 6.29. The van der Waals surface area contributed by atoms with Crippen molar-refractivity contribution in [2.75, 3.05) is 31.6 Å². The molecule has 1 fully saturated rings. The molecule has 2 nitrogen and oxygen atoms in total. The summed E-state index contributed by atoms with van der Waals surface area (Å²) in [7, 11) is 2.23. The highest BCUT2D eigenvalue weighted by atomic mass is 35.5. The molecule has 0 N–H and O–H groups in total. The molecule has 0 radical (unpaired) electrons. The van der Waals surface area contributed by atoms with Crippen LogP contribution < -0.4 is 4.90 Å². The van der Waals surface area contributed by atoms with Crippen LogP contribution in [0.2, 0.25) is 5.02 Å². The largest absolute Gasteiger partial charge is 0.339 e. The molecule has 0 aliphatic carbocycles. The van der Waals surface area contributed by atoms with Crippen LogP contribution in [-0.2, 0) is 0 Å². The van der Waals surface area contributed by atoms with Crippen molar-refractivity contribution in [2.45, 2.75) is 22.6 Å². The number of likely N-dealkylation sites (tertiary alicyclic amines) is 1. The summed E-state index contributed by atoms with van der Waals surface area (Å²) in [6, 6.07) is 15.0. The monoisotopic (exact) mass is 344 g/mol. The summed E-state index contributed by atoms with van der Waals surface area (Å²) in [5, 5.41) is 0.814. The molecule has 0 amide bonds. The van der Waals surface area contributed by atoms with Gasteiger partial charge in [0.15, 0.2) is 0 Å². The first kappa shape index (κ1) is 15.4. The maximum atomic E-state index is 6.29. The molecule has 1 unspecified atom stereocenters. The Labute approximate surface area is 147 Å². The highest BCUT2D eigenvalue weighted by molar-refractivity contribution is 7.99. The first-order valence-corrected chi connectivity index (χ1v) is 9.42. The Morgan fingerprint density at radius 3 is 2.83 bits per heavy atom. The van der Waals surface area contributed by atoms with Gasteiger partial charge in [-0.05, 0) is 62.7 Å². The molecule has 120 valence electrons. The van der Waals surface area contributed by atoms with E-state index < -0.39 is 0 Å². The summed E-state index contributed by atoms with van der Waals surface area (Å²) in [5.41, 5.74) is 2.58. The number of fused-ring (bicyclic) bond motifs is 2. The molecule has 0 saturated carbocycles. The number of hydrogen-bond acceptors (Lipinski definition) is 3. The van der Waals surface area contributed by atoms with E-state index in [2.05, 4.69) is 53.2 Å². The fourth-order valence-electron chi connectivity index (χ4n) is 3.68. The van der Waals surface area contributed by atoms with E-state index in [1.807, 2.05) is 17.8 Å². The third-order valence-corrected chi connectivity index (χ3v) is 6.12. The average Bonchev–Trinajstić information content (AvgIpc) is 2.55. The van der Waals surface area contributed by atoms with Crippen LogP contribution >= 0.6 is 23.4 Å². The Morgan fingerprint density at radius 2 is 1.96 bits per heavy atom. The van der Waals surface area contributed by atoms with Crippen molar-refractivity contribution in [1.82, 2.24) is 4.90 Å². The average molecular weight is 345 g/mol. The van der Waals surface area contributed by atoms with Gasteiger partial charge in [0.25, 0.3) is 0 Å². The molecule has 2 aromatic rings. The van der Waals surface area contributed by atoms with Gasteiger partial charge in [0.2, 0.25) is 0 Å². The summed E-state index contributed by atoms with van der Waals surface area (Å²) in [4.78, 5) is 7.58. The van der Waals surface area contributed by atoms with Crippen molar-refractivity contribution in [1.29, 1.82) is 0 Å². The second-order valence-electron chi connectivity index (χ2n) is 6.56. The van der Waals surface area contributed by atoms with Gasteiger partial charge in [-0.25, -0.2) is 0 Å². The van der Waals surface area contributed by atoms with Gasteiger partial charge in [0.1, 0.15) is 0 Å². The molecule has 1 saturated heterocycles. The van der Waals surface area contributed by atoms with Gasteiger partial charge >= 0.3 is 0 Å². The van der Waals surface area contributed by atoms with E-state index in [9.17, 15) is 0 Å². The number of halogens is 1. The molecule has 4 rings (SSSR count). The fraction of sp³-hybridized carbons (Fsp3) is 0.368. The Balaban J connectivity index is 1.71. The molecular formula is C19H21ClN2S. The first-order valence-electron chi connectivity index (χ1n) is 8.23. The van der Waals surface area contributed by atoms with Gasteiger partial charge in [-0.1, -0.05) is 35.5 Å². The van der Waals surface area contributed by atoms with Crippen LogP contribution in [0.4, 0.5) is 11.4 Å². The summed E-state index contributed by atoms with van der Waals surface area (Å²) < 4.78 is 0. The maximum Gasteiger partial charge on any atom is 0.0567 e. The Kier molecular flexibility index (Phi) is 4.27. The zero-order valence-electron chi connectivity index (χ0n) is 13.3. The predicted molar refractivity (Wildman–Crippen MR) is 99.2 cm³/mol. The second kappa shape index (κ2) is 6.39. The summed E-state index contributed by atoms with van der Waals surface area (Å²) in [6.07, 6.45) is 2.61. The van der Waals surface area contributed by atoms with Gasteiger partial charge in [-0.15, -0.1) is 0 Å². The van der Waals surface area contributed by atoms with Crippen LogP contribution in [-0.4, -0.2) is 31.6 Å². The minimum Gasteiger partial charge on any atom is -0.339 e. The minimum atomic E-state index is 0.705. The van der Waals surface area contributed by atoms with E-state index in [0.717, 1.165) is 11.6 Å². The molecule has 2 aromatic carbocycles. The van der Waals surface area contributed by atoms with Gasteiger partial charge in [0.05, 0.1) is 11.4 Å². The van der Waals surface area contributed by atoms with Crippen molar-refractivity contribution < 1.29 is 0 Å². The molecule has 1 atom stereocenters. The highest BCUT2D eigenvalue weighted by Crippen LogP contribution is 2.49. The molecule has 2 aliphatic rings. The van der Waals surface area contributed by atoms with Crippen molar-refractivity contribution >= 4 is 34.7 Å². The SMILES string of the molecule is CN1CCCC(CN2c3ccccc3Sc3ccc(Cl)cc32)C1. The first-order chi connectivity index (χ1) is 11.2. The summed E-state index contributed by atoms with van der Waals surface area (Å²) in [6.45, 7) is 3.47. The molecular weight excluding hydrogens is 324 g/mol.